The van der Waals surface area contributed by atoms with Gasteiger partial charge in [-0.2, -0.15) is 0 Å². The second-order valence-electron chi connectivity index (χ2n) is 5.08. The quantitative estimate of drug-likeness (QED) is 0.717. The number of rotatable bonds is 2. The molecule has 0 aromatic carbocycles. The molecule has 2 rings (SSSR count). The Labute approximate surface area is 90.9 Å². The lowest BCUT2D eigenvalue weighted by Crippen LogP contribution is -2.45. The Morgan fingerprint density at radius 1 is 1.40 bits per heavy atom. The first-order valence-electron chi connectivity index (χ1n) is 5.68. The number of nitrogens with zero attached hydrogens (tertiary/aromatic N) is 2. The van der Waals surface area contributed by atoms with E-state index in [0.717, 1.165) is 26.1 Å². The summed E-state index contributed by atoms with van der Waals surface area (Å²) in [6.45, 7) is 3.16. The number of carboxylic acid groups (broad SMARTS) is 1. The smallest absolute Gasteiger partial charge is 0.303 e. The summed E-state index contributed by atoms with van der Waals surface area (Å²) in [5, 5.41) is 8.87. The number of hydrogen-bond donors (Lipinski definition) is 1. The van der Waals surface area contributed by atoms with Crippen LogP contribution in [-0.2, 0) is 4.79 Å². The summed E-state index contributed by atoms with van der Waals surface area (Å²) in [6, 6.07) is 0.577. The van der Waals surface area contributed by atoms with E-state index < -0.39 is 5.97 Å². The normalized spacial score (nSPS) is 37.9. The fourth-order valence-electron chi connectivity index (χ4n) is 3.20. The molecule has 0 spiro atoms. The maximum atomic E-state index is 10.8. The Morgan fingerprint density at radius 3 is 2.80 bits per heavy atom. The lowest BCUT2D eigenvalue weighted by molar-refractivity contribution is -0.138. The molecule has 2 aliphatic heterocycles. The first-order chi connectivity index (χ1) is 7.08. The van der Waals surface area contributed by atoms with Crippen LogP contribution in [0.3, 0.4) is 0 Å². The second-order valence-corrected chi connectivity index (χ2v) is 5.08. The number of likely N-dealkylation sites (N-methyl/N-ethyl adjacent to an activating group) is 2. The van der Waals surface area contributed by atoms with E-state index in [9.17, 15) is 4.79 Å². The van der Waals surface area contributed by atoms with Crippen molar-refractivity contribution in [3.05, 3.63) is 0 Å². The maximum absolute atomic E-state index is 10.8. The first kappa shape index (κ1) is 10.9. The topological polar surface area (TPSA) is 43.8 Å². The van der Waals surface area contributed by atoms with Crippen molar-refractivity contribution in [1.29, 1.82) is 0 Å². The van der Waals surface area contributed by atoms with Crippen molar-refractivity contribution in [2.24, 2.45) is 11.8 Å². The van der Waals surface area contributed by atoms with Crippen LogP contribution in [0.25, 0.3) is 0 Å². The van der Waals surface area contributed by atoms with Gasteiger partial charge in [-0.1, -0.05) is 0 Å². The third-order valence-corrected chi connectivity index (χ3v) is 3.97. The van der Waals surface area contributed by atoms with Crippen molar-refractivity contribution in [2.45, 2.75) is 18.9 Å². The van der Waals surface area contributed by atoms with E-state index in [-0.39, 0.29) is 0 Å². The number of piperidine rings is 1. The van der Waals surface area contributed by atoms with E-state index in [2.05, 4.69) is 23.9 Å². The lowest BCUT2D eigenvalue weighted by atomic mass is 9.83. The highest BCUT2D eigenvalue weighted by Gasteiger charge is 2.42. The Morgan fingerprint density at radius 2 is 2.13 bits per heavy atom. The van der Waals surface area contributed by atoms with Gasteiger partial charge < -0.3 is 14.9 Å². The summed E-state index contributed by atoms with van der Waals surface area (Å²) in [5.41, 5.74) is 0. The molecule has 1 N–H and O–H groups in total. The SMILES string of the molecule is CN1CCC2C(CC(=O)O)CN(C)C2C1. The zero-order valence-corrected chi connectivity index (χ0v) is 9.52. The minimum Gasteiger partial charge on any atom is -0.481 e. The van der Waals surface area contributed by atoms with Crippen molar-refractivity contribution in [1.82, 2.24) is 9.80 Å². The van der Waals surface area contributed by atoms with E-state index >= 15 is 0 Å². The average Bonchev–Trinajstić information content (AvgIpc) is 2.42. The van der Waals surface area contributed by atoms with Gasteiger partial charge in [0, 0.05) is 25.6 Å². The Bertz CT molecular complexity index is 257. The van der Waals surface area contributed by atoms with Crippen molar-refractivity contribution in [2.75, 3.05) is 33.7 Å². The Hall–Kier alpha value is -0.610. The zero-order chi connectivity index (χ0) is 11.0. The number of carboxylic acids is 1. The number of carbonyl (C=O) groups is 1. The van der Waals surface area contributed by atoms with Gasteiger partial charge in [-0.05, 0) is 38.9 Å². The molecule has 0 aromatic heterocycles. The molecule has 4 heteroatoms. The molecule has 2 heterocycles. The molecule has 0 amide bonds. The maximum Gasteiger partial charge on any atom is 0.303 e. The molecule has 3 unspecified atom stereocenters. The van der Waals surface area contributed by atoms with Crippen molar-refractivity contribution in [3.8, 4) is 0 Å². The zero-order valence-electron chi connectivity index (χ0n) is 9.52. The molecule has 0 saturated carbocycles. The molecule has 0 radical (unpaired) electrons. The van der Waals surface area contributed by atoms with Crippen LogP contribution in [0.2, 0.25) is 0 Å². The number of likely N-dealkylation sites (tertiary alicyclic amines) is 2. The summed E-state index contributed by atoms with van der Waals surface area (Å²) in [5.74, 6) is 0.321. The van der Waals surface area contributed by atoms with Gasteiger partial charge in [0.05, 0.1) is 0 Å². The third-order valence-electron chi connectivity index (χ3n) is 3.97. The summed E-state index contributed by atoms with van der Waals surface area (Å²) in [4.78, 5) is 15.5. The predicted molar refractivity (Wildman–Crippen MR) is 57.8 cm³/mol. The molecule has 2 aliphatic rings. The molecule has 86 valence electrons. The minimum absolute atomic E-state index is 0.342. The molecule has 2 fully saturated rings. The Balaban J connectivity index is 2.03. The van der Waals surface area contributed by atoms with Gasteiger partial charge in [-0.25, -0.2) is 0 Å². The van der Waals surface area contributed by atoms with E-state index in [1.54, 1.807) is 0 Å². The van der Waals surface area contributed by atoms with Crippen molar-refractivity contribution >= 4 is 5.97 Å². The molecule has 15 heavy (non-hydrogen) atoms. The second kappa shape index (κ2) is 4.10. The number of aliphatic carboxylic acids is 1. The van der Waals surface area contributed by atoms with E-state index in [1.165, 1.54) is 0 Å². The summed E-state index contributed by atoms with van der Waals surface area (Å²) in [6.07, 6.45) is 1.50. The predicted octanol–water partition coefficient (Wildman–Crippen LogP) is 0.343. The van der Waals surface area contributed by atoms with Gasteiger partial charge in [0.25, 0.3) is 0 Å². The van der Waals surface area contributed by atoms with Gasteiger partial charge in [-0.15, -0.1) is 0 Å². The molecule has 0 aromatic rings. The van der Waals surface area contributed by atoms with E-state index in [1.807, 2.05) is 0 Å². The standard InChI is InChI=1S/C11H20N2O2/c1-12-4-3-9-8(5-11(14)15)6-13(2)10(9)7-12/h8-10H,3-7H2,1-2H3,(H,14,15). The van der Waals surface area contributed by atoms with Crippen LogP contribution < -0.4 is 0 Å². The van der Waals surface area contributed by atoms with Gasteiger partial charge in [0.15, 0.2) is 0 Å². The van der Waals surface area contributed by atoms with Gasteiger partial charge >= 0.3 is 5.97 Å². The highest BCUT2D eigenvalue weighted by Crippen LogP contribution is 2.36. The molecule has 0 aliphatic carbocycles. The summed E-state index contributed by atoms with van der Waals surface area (Å²) in [7, 11) is 4.27. The first-order valence-corrected chi connectivity index (χ1v) is 5.68. The Kier molecular flexibility index (Phi) is 2.98. The van der Waals surface area contributed by atoms with Gasteiger partial charge in [0.1, 0.15) is 0 Å². The van der Waals surface area contributed by atoms with Crippen LogP contribution >= 0.6 is 0 Å². The number of fused-ring (bicyclic) bond motifs is 1. The van der Waals surface area contributed by atoms with Gasteiger partial charge in [-0.3, -0.25) is 4.79 Å². The number of hydrogen-bond acceptors (Lipinski definition) is 3. The highest BCUT2D eigenvalue weighted by atomic mass is 16.4. The van der Waals surface area contributed by atoms with Crippen LogP contribution in [0.15, 0.2) is 0 Å². The molecular formula is C11H20N2O2. The van der Waals surface area contributed by atoms with E-state index in [0.29, 0.717) is 24.3 Å². The van der Waals surface area contributed by atoms with Crippen LogP contribution in [-0.4, -0.2) is 60.6 Å². The molecule has 4 nitrogen and oxygen atoms in total. The molecular weight excluding hydrogens is 192 g/mol. The summed E-state index contributed by atoms with van der Waals surface area (Å²) < 4.78 is 0. The van der Waals surface area contributed by atoms with Crippen molar-refractivity contribution in [3.63, 3.8) is 0 Å². The third kappa shape index (κ3) is 2.16. The van der Waals surface area contributed by atoms with Crippen LogP contribution in [0.5, 0.6) is 0 Å². The van der Waals surface area contributed by atoms with Crippen LogP contribution in [0.1, 0.15) is 12.8 Å². The lowest BCUT2D eigenvalue weighted by Gasteiger charge is -2.36. The molecule has 0 bridgehead atoms. The minimum atomic E-state index is -0.645. The van der Waals surface area contributed by atoms with Crippen LogP contribution in [0.4, 0.5) is 0 Å². The fourth-order valence-corrected chi connectivity index (χ4v) is 3.20. The van der Waals surface area contributed by atoms with Gasteiger partial charge in [0.2, 0.25) is 0 Å². The molecule has 3 atom stereocenters. The average molecular weight is 212 g/mol. The fraction of sp³-hybridized carbons (Fsp3) is 0.909. The van der Waals surface area contributed by atoms with E-state index in [4.69, 9.17) is 5.11 Å². The summed E-state index contributed by atoms with van der Waals surface area (Å²) >= 11 is 0. The van der Waals surface area contributed by atoms with Crippen LogP contribution in [0, 0.1) is 11.8 Å². The monoisotopic (exact) mass is 212 g/mol. The molecule has 2 saturated heterocycles. The highest BCUT2D eigenvalue weighted by molar-refractivity contribution is 5.67. The van der Waals surface area contributed by atoms with Crippen molar-refractivity contribution < 1.29 is 9.90 Å². The largest absolute Gasteiger partial charge is 0.481 e.